The molecule has 0 saturated heterocycles. The Balaban J connectivity index is 1.74. The first-order valence-corrected chi connectivity index (χ1v) is 15.6. The van der Waals surface area contributed by atoms with Crippen LogP contribution in [0.25, 0.3) is 0 Å². The standard InChI is InChI=1S/C30H31N3O2Si/c1-36(2,3)23-13-20-28(35-29-31-21-22-32-33-29)24-34-30(25-14-7-4-8-15-25,26-16-9-5-10-17-26)27-18-11-6-12-19-27/h4-12,14-19,21-22,28H,20,24H2,1-3H3. The molecular formula is C30H31N3O2Si. The predicted octanol–water partition coefficient (Wildman–Crippen LogP) is 5.90. The lowest BCUT2D eigenvalue weighted by Gasteiger charge is -2.36. The van der Waals surface area contributed by atoms with Crippen molar-refractivity contribution in [1.29, 1.82) is 0 Å². The van der Waals surface area contributed by atoms with Gasteiger partial charge in [0.25, 0.3) is 0 Å². The van der Waals surface area contributed by atoms with Gasteiger partial charge in [-0.2, -0.15) is 5.10 Å². The Morgan fingerprint density at radius 3 is 1.75 bits per heavy atom. The average molecular weight is 494 g/mol. The van der Waals surface area contributed by atoms with E-state index in [0.717, 1.165) is 16.7 Å². The Labute approximate surface area is 214 Å². The number of ether oxygens (including phenoxy) is 2. The number of hydrogen-bond acceptors (Lipinski definition) is 5. The summed E-state index contributed by atoms with van der Waals surface area (Å²) in [5, 5.41) is 7.92. The van der Waals surface area contributed by atoms with Crippen molar-refractivity contribution in [2.75, 3.05) is 6.61 Å². The van der Waals surface area contributed by atoms with Gasteiger partial charge < -0.3 is 9.47 Å². The molecule has 4 rings (SSSR count). The Bertz CT molecular complexity index is 1170. The van der Waals surface area contributed by atoms with Crippen LogP contribution in [0.5, 0.6) is 6.01 Å². The molecule has 0 aliphatic rings. The highest BCUT2D eigenvalue weighted by Gasteiger charge is 2.38. The van der Waals surface area contributed by atoms with Gasteiger partial charge in [0.1, 0.15) is 19.8 Å². The summed E-state index contributed by atoms with van der Waals surface area (Å²) in [5.41, 5.74) is 5.69. The van der Waals surface area contributed by atoms with E-state index >= 15 is 0 Å². The number of hydrogen-bond donors (Lipinski definition) is 0. The van der Waals surface area contributed by atoms with Crippen molar-refractivity contribution in [1.82, 2.24) is 15.2 Å². The summed E-state index contributed by atoms with van der Waals surface area (Å²) in [4.78, 5) is 4.20. The first kappa shape index (κ1) is 25.3. The van der Waals surface area contributed by atoms with E-state index in [-0.39, 0.29) is 18.7 Å². The van der Waals surface area contributed by atoms with E-state index in [1.54, 1.807) is 6.20 Å². The van der Waals surface area contributed by atoms with Gasteiger partial charge in [-0.15, -0.1) is 11.5 Å². The molecule has 0 amide bonds. The lowest BCUT2D eigenvalue weighted by atomic mass is 9.80. The molecule has 1 unspecified atom stereocenters. The first-order chi connectivity index (χ1) is 17.5. The van der Waals surface area contributed by atoms with E-state index in [4.69, 9.17) is 9.47 Å². The molecule has 0 radical (unpaired) electrons. The molecule has 0 fully saturated rings. The fourth-order valence-electron chi connectivity index (χ4n) is 3.99. The minimum Gasteiger partial charge on any atom is -0.456 e. The number of aromatic nitrogens is 3. The Morgan fingerprint density at radius 2 is 1.31 bits per heavy atom. The fraction of sp³-hybridized carbons (Fsp3) is 0.233. The van der Waals surface area contributed by atoms with E-state index in [2.05, 4.69) is 82.7 Å². The lowest BCUT2D eigenvalue weighted by molar-refractivity contribution is -0.0313. The average Bonchev–Trinajstić information content (AvgIpc) is 2.91. The van der Waals surface area contributed by atoms with Crippen molar-refractivity contribution in [3.05, 3.63) is 120 Å². The van der Waals surface area contributed by atoms with Gasteiger partial charge >= 0.3 is 6.01 Å². The lowest BCUT2D eigenvalue weighted by Crippen LogP contribution is -2.37. The molecule has 182 valence electrons. The van der Waals surface area contributed by atoms with Crippen LogP contribution < -0.4 is 4.74 Å². The molecule has 36 heavy (non-hydrogen) atoms. The fourth-order valence-corrected chi connectivity index (χ4v) is 4.62. The number of benzene rings is 3. The van der Waals surface area contributed by atoms with Gasteiger partial charge in [-0.3, -0.25) is 0 Å². The quantitative estimate of drug-likeness (QED) is 0.165. The highest BCUT2D eigenvalue weighted by atomic mass is 28.3. The molecular weight excluding hydrogens is 462 g/mol. The van der Waals surface area contributed by atoms with Gasteiger partial charge in [0, 0.05) is 6.42 Å². The van der Waals surface area contributed by atoms with Gasteiger partial charge in [-0.05, 0) is 16.7 Å². The molecule has 0 aliphatic heterocycles. The third-order valence-electron chi connectivity index (χ3n) is 5.55. The Hall–Kier alpha value is -3.79. The van der Waals surface area contributed by atoms with Crippen molar-refractivity contribution in [3.63, 3.8) is 0 Å². The van der Waals surface area contributed by atoms with Crippen molar-refractivity contribution in [3.8, 4) is 17.5 Å². The summed E-state index contributed by atoms with van der Waals surface area (Å²) in [6.07, 6.45) is 3.20. The molecule has 6 heteroatoms. The van der Waals surface area contributed by atoms with Crippen LogP contribution in [0.3, 0.4) is 0 Å². The zero-order chi connectivity index (χ0) is 25.3. The van der Waals surface area contributed by atoms with Gasteiger partial charge in [-0.1, -0.05) is 116 Å². The summed E-state index contributed by atoms with van der Waals surface area (Å²) < 4.78 is 13.1. The second-order valence-electron chi connectivity index (χ2n) is 9.51. The zero-order valence-corrected chi connectivity index (χ0v) is 22.0. The highest BCUT2D eigenvalue weighted by Crippen LogP contribution is 2.40. The Morgan fingerprint density at radius 1 is 0.778 bits per heavy atom. The van der Waals surface area contributed by atoms with Crippen molar-refractivity contribution in [2.45, 2.75) is 37.8 Å². The van der Waals surface area contributed by atoms with E-state index in [1.165, 1.54) is 6.20 Å². The molecule has 1 aromatic heterocycles. The maximum absolute atomic E-state index is 6.95. The van der Waals surface area contributed by atoms with Gasteiger partial charge in [0.05, 0.1) is 19.0 Å². The van der Waals surface area contributed by atoms with Crippen LogP contribution >= 0.6 is 0 Å². The van der Waals surface area contributed by atoms with Crippen molar-refractivity contribution >= 4 is 8.07 Å². The molecule has 0 bridgehead atoms. The molecule has 4 aromatic rings. The zero-order valence-electron chi connectivity index (χ0n) is 21.0. The molecule has 1 atom stereocenters. The number of nitrogens with zero attached hydrogens (tertiary/aromatic N) is 3. The summed E-state index contributed by atoms with van der Waals surface area (Å²) in [5.74, 6) is 3.33. The maximum atomic E-state index is 6.95. The summed E-state index contributed by atoms with van der Waals surface area (Å²) >= 11 is 0. The first-order valence-electron chi connectivity index (χ1n) is 12.1. The second-order valence-corrected chi connectivity index (χ2v) is 14.3. The van der Waals surface area contributed by atoms with Crippen LogP contribution in [0.1, 0.15) is 23.1 Å². The third-order valence-corrected chi connectivity index (χ3v) is 6.48. The molecule has 0 spiro atoms. The molecule has 0 saturated carbocycles. The van der Waals surface area contributed by atoms with Crippen LogP contribution in [0.15, 0.2) is 103 Å². The van der Waals surface area contributed by atoms with Crippen LogP contribution in [-0.4, -0.2) is 36.0 Å². The van der Waals surface area contributed by atoms with E-state index in [0.29, 0.717) is 6.42 Å². The summed E-state index contributed by atoms with van der Waals surface area (Å²) in [6.45, 7) is 6.95. The topological polar surface area (TPSA) is 57.1 Å². The number of rotatable bonds is 9. The summed E-state index contributed by atoms with van der Waals surface area (Å²) in [7, 11) is -1.53. The Kier molecular flexibility index (Phi) is 8.27. The van der Waals surface area contributed by atoms with Crippen LogP contribution in [0, 0.1) is 11.5 Å². The van der Waals surface area contributed by atoms with Crippen molar-refractivity contribution in [2.24, 2.45) is 0 Å². The maximum Gasteiger partial charge on any atom is 0.336 e. The van der Waals surface area contributed by atoms with Gasteiger partial charge in [0.2, 0.25) is 0 Å². The largest absolute Gasteiger partial charge is 0.456 e. The summed E-state index contributed by atoms with van der Waals surface area (Å²) in [6, 6.07) is 31.1. The van der Waals surface area contributed by atoms with E-state index in [9.17, 15) is 0 Å². The molecule has 0 N–H and O–H groups in total. The van der Waals surface area contributed by atoms with E-state index in [1.807, 2.05) is 54.6 Å². The normalized spacial score (nSPS) is 12.3. The predicted molar refractivity (Wildman–Crippen MR) is 145 cm³/mol. The monoisotopic (exact) mass is 493 g/mol. The van der Waals surface area contributed by atoms with Crippen LogP contribution in [0.2, 0.25) is 19.6 Å². The van der Waals surface area contributed by atoms with Gasteiger partial charge in [-0.25, -0.2) is 4.98 Å². The molecule has 3 aromatic carbocycles. The molecule has 5 nitrogen and oxygen atoms in total. The minimum atomic E-state index is -1.53. The smallest absolute Gasteiger partial charge is 0.336 e. The van der Waals surface area contributed by atoms with Gasteiger partial charge in [0.15, 0.2) is 0 Å². The SMILES string of the molecule is C[Si](C)(C)C#CCC(COC(c1ccccc1)(c1ccccc1)c1ccccc1)Oc1nccnn1. The third kappa shape index (κ3) is 6.45. The van der Waals surface area contributed by atoms with Crippen LogP contribution in [0.4, 0.5) is 0 Å². The highest BCUT2D eigenvalue weighted by molar-refractivity contribution is 6.83. The minimum absolute atomic E-state index is 0.214. The molecule has 0 aliphatic carbocycles. The van der Waals surface area contributed by atoms with Crippen LogP contribution in [-0.2, 0) is 10.3 Å². The van der Waals surface area contributed by atoms with E-state index < -0.39 is 13.7 Å². The second kappa shape index (κ2) is 11.8. The molecule has 1 heterocycles. The van der Waals surface area contributed by atoms with Crippen molar-refractivity contribution < 1.29 is 9.47 Å².